The third-order valence-electron chi connectivity index (χ3n) is 1.89. The SMILES string of the molecule is Br.C[Si](C)(C)C#CC1(N)CC(O)C1. The molecule has 0 heterocycles. The first-order valence-electron chi connectivity index (χ1n) is 4.32. The van der Waals surface area contributed by atoms with Gasteiger partial charge in [-0.15, -0.1) is 22.5 Å². The Morgan fingerprint density at radius 2 is 1.85 bits per heavy atom. The molecule has 0 saturated heterocycles. The zero-order valence-electron chi connectivity index (χ0n) is 8.42. The summed E-state index contributed by atoms with van der Waals surface area (Å²) in [5.74, 6) is 3.10. The smallest absolute Gasteiger partial charge is 0.129 e. The number of hydrogen-bond acceptors (Lipinski definition) is 2. The molecule has 0 bridgehead atoms. The minimum Gasteiger partial charge on any atom is -0.393 e. The Balaban J connectivity index is 0.00000144. The first-order valence-corrected chi connectivity index (χ1v) is 7.82. The molecule has 0 atom stereocenters. The molecule has 0 unspecified atom stereocenters. The fourth-order valence-corrected chi connectivity index (χ4v) is 1.82. The van der Waals surface area contributed by atoms with Gasteiger partial charge in [0.1, 0.15) is 8.07 Å². The van der Waals surface area contributed by atoms with Crippen molar-refractivity contribution in [1.82, 2.24) is 0 Å². The van der Waals surface area contributed by atoms with Gasteiger partial charge in [-0.3, -0.25) is 0 Å². The van der Waals surface area contributed by atoms with Crippen molar-refractivity contribution in [1.29, 1.82) is 0 Å². The van der Waals surface area contributed by atoms with Gasteiger partial charge in [0.2, 0.25) is 0 Å². The zero-order valence-corrected chi connectivity index (χ0v) is 11.1. The molecule has 1 aliphatic rings. The Morgan fingerprint density at radius 3 is 2.15 bits per heavy atom. The summed E-state index contributed by atoms with van der Waals surface area (Å²) in [7, 11) is -1.29. The molecule has 1 rings (SSSR count). The molecule has 76 valence electrons. The summed E-state index contributed by atoms with van der Waals surface area (Å²) >= 11 is 0. The number of rotatable bonds is 0. The molecule has 4 heteroatoms. The summed E-state index contributed by atoms with van der Waals surface area (Å²) in [6.45, 7) is 6.58. The molecule has 0 spiro atoms. The molecule has 0 radical (unpaired) electrons. The lowest BCUT2D eigenvalue weighted by molar-refractivity contribution is 0.0499. The fraction of sp³-hybridized carbons (Fsp3) is 0.778. The summed E-state index contributed by atoms with van der Waals surface area (Å²) in [6.07, 6.45) is 1.07. The van der Waals surface area contributed by atoms with Crippen LogP contribution in [0.15, 0.2) is 0 Å². The number of nitrogens with two attached hydrogens (primary N) is 1. The highest BCUT2D eigenvalue weighted by molar-refractivity contribution is 8.93. The first-order chi connectivity index (χ1) is 5.31. The van der Waals surface area contributed by atoms with Crippen LogP contribution in [0.25, 0.3) is 0 Å². The highest BCUT2D eigenvalue weighted by atomic mass is 79.9. The van der Waals surface area contributed by atoms with Crippen LogP contribution >= 0.6 is 17.0 Å². The van der Waals surface area contributed by atoms with Gasteiger partial charge in [0.25, 0.3) is 0 Å². The minimum atomic E-state index is -1.29. The molecule has 1 aliphatic carbocycles. The Kier molecular flexibility index (Phi) is 4.19. The van der Waals surface area contributed by atoms with Crippen LogP contribution in [0.5, 0.6) is 0 Å². The molecule has 1 fully saturated rings. The average molecular weight is 264 g/mol. The molecular formula is C9H18BrNOSi. The van der Waals surface area contributed by atoms with E-state index < -0.39 is 8.07 Å². The summed E-state index contributed by atoms with van der Waals surface area (Å²) in [5.41, 5.74) is 8.75. The van der Waals surface area contributed by atoms with Crippen molar-refractivity contribution in [3.8, 4) is 11.5 Å². The Bertz CT molecular complexity index is 232. The van der Waals surface area contributed by atoms with E-state index >= 15 is 0 Å². The second-order valence-corrected chi connectivity index (χ2v) is 9.47. The van der Waals surface area contributed by atoms with Crippen molar-refractivity contribution in [2.45, 2.75) is 44.1 Å². The molecule has 2 nitrogen and oxygen atoms in total. The van der Waals surface area contributed by atoms with Gasteiger partial charge in [-0.2, -0.15) is 0 Å². The number of halogens is 1. The topological polar surface area (TPSA) is 46.2 Å². The highest BCUT2D eigenvalue weighted by Gasteiger charge is 2.38. The van der Waals surface area contributed by atoms with Gasteiger partial charge in [-0.25, -0.2) is 0 Å². The van der Waals surface area contributed by atoms with E-state index in [9.17, 15) is 0 Å². The average Bonchev–Trinajstić information content (AvgIpc) is 1.79. The van der Waals surface area contributed by atoms with Crippen molar-refractivity contribution in [3.05, 3.63) is 0 Å². The van der Waals surface area contributed by atoms with Gasteiger partial charge in [-0.1, -0.05) is 25.6 Å². The first kappa shape index (κ1) is 13.2. The Morgan fingerprint density at radius 1 is 1.38 bits per heavy atom. The van der Waals surface area contributed by atoms with Crippen molar-refractivity contribution in [3.63, 3.8) is 0 Å². The molecule has 1 saturated carbocycles. The van der Waals surface area contributed by atoms with Crippen LogP contribution in [0.3, 0.4) is 0 Å². The highest BCUT2D eigenvalue weighted by Crippen LogP contribution is 2.28. The van der Waals surface area contributed by atoms with E-state index in [1.54, 1.807) is 0 Å². The zero-order chi connectivity index (χ0) is 9.41. The summed E-state index contributed by atoms with van der Waals surface area (Å²) < 4.78 is 0. The molecule has 0 aliphatic heterocycles. The Labute approximate surface area is 91.7 Å². The lowest BCUT2D eigenvalue weighted by atomic mass is 9.76. The van der Waals surface area contributed by atoms with Crippen LogP contribution in [-0.2, 0) is 0 Å². The quantitative estimate of drug-likeness (QED) is 0.511. The molecule has 0 amide bonds. The van der Waals surface area contributed by atoms with Crippen molar-refractivity contribution in [2.75, 3.05) is 0 Å². The Hall–Kier alpha value is 0.177. The van der Waals surface area contributed by atoms with Gasteiger partial charge in [0, 0.05) is 12.8 Å². The fourth-order valence-electron chi connectivity index (χ4n) is 1.20. The maximum atomic E-state index is 9.08. The van der Waals surface area contributed by atoms with Crippen molar-refractivity contribution in [2.24, 2.45) is 5.73 Å². The van der Waals surface area contributed by atoms with Crippen molar-refractivity contribution >= 4 is 25.1 Å². The molecule has 0 aromatic carbocycles. The third-order valence-corrected chi connectivity index (χ3v) is 2.76. The summed E-state index contributed by atoms with van der Waals surface area (Å²) in [5, 5.41) is 9.08. The molecule has 0 aromatic heterocycles. The van der Waals surface area contributed by atoms with Crippen LogP contribution in [0.1, 0.15) is 12.8 Å². The van der Waals surface area contributed by atoms with Crippen LogP contribution in [0.2, 0.25) is 19.6 Å². The summed E-state index contributed by atoms with van der Waals surface area (Å²) in [6, 6.07) is 0. The number of aliphatic hydroxyl groups is 1. The lowest BCUT2D eigenvalue weighted by Crippen LogP contribution is -2.53. The maximum Gasteiger partial charge on any atom is 0.129 e. The lowest BCUT2D eigenvalue weighted by Gasteiger charge is -2.38. The number of aliphatic hydroxyl groups excluding tert-OH is 1. The second kappa shape index (κ2) is 4.14. The van der Waals surface area contributed by atoms with E-state index in [4.69, 9.17) is 10.8 Å². The molecule has 0 aromatic rings. The van der Waals surface area contributed by atoms with Crippen LogP contribution in [0, 0.1) is 11.5 Å². The van der Waals surface area contributed by atoms with Crippen LogP contribution < -0.4 is 5.73 Å². The second-order valence-electron chi connectivity index (χ2n) is 4.72. The predicted octanol–water partition coefficient (Wildman–Crippen LogP) is 1.30. The van der Waals surface area contributed by atoms with E-state index in [2.05, 4.69) is 31.1 Å². The predicted molar refractivity (Wildman–Crippen MR) is 63.6 cm³/mol. The van der Waals surface area contributed by atoms with E-state index in [1.807, 2.05) is 0 Å². The van der Waals surface area contributed by atoms with Gasteiger partial charge in [-0.05, 0) is 0 Å². The minimum absolute atomic E-state index is 0. The standard InChI is InChI=1S/C9H17NOSi.BrH/c1-12(2,3)5-4-9(10)6-8(11)7-9;/h8,11H,6-7,10H2,1-3H3;1H. The largest absolute Gasteiger partial charge is 0.393 e. The van der Waals surface area contributed by atoms with Crippen LogP contribution in [-0.4, -0.2) is 24.8 Å². The van der Waals surface area contributed by atoms with E-state index in [0.29, 0.717) is 12.8 Å². The van der Waals surface area contributed by atoms with Gasteiger partial charge < -0.3 is 10.8 Å². The molecular weight excluding hydrogens is 246 g/mol. The van der Waals surface area contributed by atoms with Crippen LogP contribution in [0.4, 0.5) is 0 Å². The maximum absolute atomic E-state index is 9.08. The van der Waals surface area contributed by atoms with Gasteiger partial charge in [0.05, 0.1) is 11.6 Å². The van der Waals surface area contributed by atoms with Gasteiger partial charge in [0.15, 0.2) is 0 Å². The monoisotopic (exact) mass is 263 g/mol. The summed E-state index contributed by atoms with van der Waals surface area (Å²) in [4.78, 5) is 0. The third kappa shape index (κ3) is 4.27. The number of hydrogen-bond donors (Lipinski definition) is 2. The van der Waals surface area contributed by atoms with E-state index in [1.165, 1.54) is 0 Å². The normalized spacial score (nSPS) is 32.2. The van der Waals surface area contributed by atoms with E-state index in [0.717, 1.165) is 0 Å². The molecule has 13 heavy (non-hydrogen) atoms. The van der Waals surface area contributed by atoms with Gasteiger partial charge >= 0.3 is 0 Å². The van der Waals surface area contributed by atoms with E-state index in [-0.39, 0.29) is 28.6 Å². The van der Waals surface area contributed by atoms with Crippen molar-refractivity contribution < 1.29 is 5.11 Å². The molecule has 3 N–H and O–H groups in total.